The van der Waals surface area contributed by atoms with E-state index < -0.39 is 5.67 Å². The van der Waals surface area contributed by atoms with Crippen LogP contribution in [-0.2, 0) is 6.42 Å². The number of hydrogen-bond acceptors (Lipinski definition) is 2. The smallest absolute Gasteiger partial charge is 0.131 e. The van der Waals surface area contributed by atoms with E-state index in [0.29, 0.717) is 12.5 Å². The molecule has 3 nitrogen and oxygen atoms in total. The molecule has 2 rings (SSSR count). The van der Waals surface area contributed by atoms with Crippen molar-refractivity contribution in [3.8, 4) is 0 Å². The summed E-state index contributed by atoms with van der Waals surface area (Å²) in [6.45, 7) is 4.41. The molecule has 1 fully saturated rings. The summed E-state index contributed by atoms with van der Waals surface area (Å²) >= 11 is 0. The average Bonchev–Trinajstić information content (AvgIpc) is 3.14. The number of hydrogen-bond donors (Lipinski definition) is 1. The van der Waals surface area contributed by atoms with Crippen LogP contribution in [0.1, 0.15) is 51.3 Å². The first kappa shape index (κ1) is 13.5. The highest BCUT2D eigenvalue weighted by Crippen LogP contribution is 2.43. The van der Waals surface area contributed by atoms with E-state index >= 15 is 0 Å². The number of nitrogens with zero attached hydrogens (tertiary/aromatic N) is 2. The predicted molar refractivity (Wildman–Crippen MR) is 71.2 cm³/mol. The van der Waals surface area contributed by atoms with Crippen LogP contribution in [0.25, 0.3) is 0 Å². The summed E-state index contributed by atoms with van der Waals surface area (Å²) in [5.74, 6) is 0.154. The van der Waals surface area contributed by atoms with E-state index in [1.165, 1.54) is 0 Å². The second kappa shape index (κ2) is 5.39. The fourth-order valence-electron chi connectivity index (χ4n) is 2.62. The minimum Gasteiger partial charge on any atom is -0.328 e. The first-order valence-corrected chi connectivity index (χ1v) is 7.06. The Labute approximate surface area is 109 Å². The van der Waals surface area contributed by atoms with E-state index in [4.69, 9.17) is 5.73 Å². The van der Waals surface area contributed by atoms with E-state index in [-0.39, 0.29) is 12.5 Å². The Morgan fingerprint density at radius 1 is 1.50 bits per heavy atom. The topological polar surface area (TPSA) is 43.8 Å². The molecule has 0 bridgehead atoms. The van der Waals surface area contributed by atoms with Gasteiger partial charge in [-0.05, 0) is 37.7 Å². The van der Waals surface area contributed by atoms with Crippen LogP contribution in [0, 0.1) is 5.92 Å². The lowest BCUT2D eigenvalue weighted by molar-refractivity contribution is 0.141. The highest BCUT2D eigenvalue weighted by Gasteiger charge is 2.45. The normalized spacial score (nSPS) is 19.2. The lowest BCUT2D eigenvalue weighted by atomic mass is 9.94. The number of alkyl halides is 1. The molecule has 18 heavy (non-hydrogen) atoms. The quantitative estimate of drug-likeness (QED) is 0.812. The maximum absolute atomic E-state index is 14.6. The molecule has 1 aliphatic carbocycles. The van der Waals surface area contributed by atoms with E-state index in [1.54, 1.807) is 0 Å². The SMILES string of the molecule is CCC(CC)n1ccc(CC(F)(CN)C2CC2)n1. The molecule has 0 aliphatic heterocycles. The molecule has 0 aromatic carbocycles. The van der Waals surface area contributed by atoms with E-state index in [1.807, 2.05) is 16.9 Å². The van der Waals surface area contributed by atoms with Gasteiger partial charge < -0.3 is 5.73 Å². The van der Waals surface area contributed by atoms with Gasteiger partial charge in [-0.2, -0.15) is 5.10 Å². The summed E-state index contributed by atoms with van der Waals surface area (Å²) in [6.07, 6.45) is 6.38. The van der Waals surface area contributed by atoms with Gasteiger partial charge in [0.2, 0.25) is 0 Å². The minimum atomic E-state index is -1.24. The number of nitrogens with two attached hydrogens (primary N) is 1. The summed E-state index contributed by atoms with van der Waals surface area (Å²) in [7, 11) is 0. The molecule has 102 valence electrons. The highest BCUT2D eigenvalue weighted by molar-refractivity contribution is 5.09. The summed E-state index contributed by atoms with van der Waals surface area (Å²) in [6, 6.07) is 2.36. The monoisotopic (exact) mass is 253 g/mol. The number of aromatic nitrogens is 2. The molecule has 1 saturated carbocycles. The molecule has 2 N–H and O–H groups in total. The van der Waals surface area contributed by atoms with Crippen LogP contribution in [0.3, 0.4) is 0 Å². The van der Waals surface area contributed by atoms with Crippen LogP contribution in [0.15, 0.2) is 12.3 Å². The summed E-state index contributed by atoms with van der Waals surface area (Å²) < 4.78 is 16.6. The van der Waals surface area contributed by atoms with Crippen LogP contribution in [-0.4, -0.2) is 22.0 Å². The number of halogens is 1. The zero-order valence-corrected chi connectivity index (χ0v) is 11.4. The summed E-state index contributed by atoms with van der Waals surface area (Å²) in [5.41, 5.74) is 5.20. The molecule has 1 aromatic rings. The van der Waals surface area contributed by atoms with Gasteiger partial charge in [-0.1, -0.05) is 13.8 Å². The molecule has 4 heteroatoms. The Kier molecular flexibility index (Phi) is 4.05. The lowest BCUT2D eigenvalue weighted by Gasteiger charge is -2.22. The highest BCUT2D eigenvalue weighted by atomic mass is 19.1. The van der Waals surface area contributed by atoms with E-state index in [0.717, 1.165) is 31.4 Å². The van der Waals surface area contributed by atoms with Crippen molar-refractivity contribution in [2.45, 2.75) is 57.7 Å². The van der Waals surface area contributed by atoms with Crippen LogP contribution >= 0.6 is 0 Å². The minimum absolute atomic E-state index is 0.107. The van der Waals surface area contributed by atoms with E-state index in [2.05, 4.69) is 18.9 Å². The molecule has 1 heterocycles. The standard InChI is InChI=1S/C14H24FN3/c1-3-13(4-2)18-8-7-12(17-18)9-14(15,10-16)11-5-6-11/h7-8,11,13H,3-6,9-10,16H2,1-2H3. The second-order valence-corrected chi connectivity index (χ2v) is 5.45. The molecular weight excluding hydrogens is 229 g/mol. The van der Waals surface area contributed by atoms with Gasteiger partial charge >= 0.3 is 0 Å². The molecule has 1 atom stereocenters. The van der Waals surface area contributed by atoms with Gasteiger partial charge in [0.1, 0.15) is 5.67 Å². The Balaban J connectivity index is 2.05. The number of rotatable bonds is 7. The average molecular weight is 253 g/mol. The Morgan fingerprint density at radius 2 is 2.17 bits per heavy atom. The molecule has 1 aromatic heterocycles. The van der Waals surface area contributed by atoms with Gasteiger partial charge in [-0.15, -0.1) is 0 Å². The first-order valence-electron chi connectivity index (χ1n) is 7.06. The fourth-order valence-corrected chi connectivity index (χ4v) is 2.62. The van der Waals surface area contributed by atoms with Crippen molar-refractivity contribution >= 4 is 0 Å². The zero-order valence-electron chi connectivity index (χ0n) is 11.4. The fraction of sp³-hybridized carbons (Fsp3) is 0.786. The van der Waals surface area contributed by atoms with Gasteiger partial charge in [0.05, 0.1) is 11.7 Å². The van der Waals surface area contributed by atoms with Crippen molar-refractivity contribution in [3.63, 3.8) is 0 Å². The van der Waals surface area contributed by atoms with Crippen molar-refractivity contribution in [1.82, 2.24) is 9.78 Å². The second-order valence-electron chi connectivity index (χ2n) is 5.45. The Morgan fingerprint density at radius 3 is 2.67 bits per heavy atom. The Hall–Kier alpha value is -0.900. The third-order valence-corrected chi connectivity index (χ3v) is 4.10. The molecule has 0 radical (unpaired) electrons. The van der Waals surface area contributed by atoms with Crippen molar-refractivity contribution in [2.75, 3.05) is 6.54 Å². The maximum Gasteiger partial charge on any atom is 0.131 e. The van der Waals surface area contributed by atoms with Crippen LogP contribution < -0.4 is 5.73 Å². The van der Waals surface area contributed by atoms with Crippen LogP contribution in [0.5, 0.6) is 0 Å². The largest absolute Gasteiger partial charge is 0.328 e. The molecule has 1 unspecified atom stereocenters. The van der Waals surface area contributed by atoms with Gasteiger partial charge in [-0.25, -0.2) is 4.39 Å². The molecule has 0 saturated heterocycles. The van der Waals surface area contributed by atoms with Crippen LogP contribution in [0.2, 0.25) is 0 Å². The zero-order chi connectivity index (χ0) is 13.2. The first-order chi connectivity index (χ1) is 8.62. The molecule has 1 aliphatic rings. The summed E-state index contributed by atoms with van der Waals surface area (Å²) in [4.78, 5) is 0. The Bertz CT molecular complexity index is 382. The van der Waals surface area contributed by atoms with Gasteiger partial charge in [0, 0.05) is 19.2 Å². The van der Waals surface area contributed by atoms with Crippen molar-refractivity contribution in [3.05, 3.63) is 18.0 Å². The van der Waals surface area contributed by atoms with Crippen molar-refractivity contribution < 1.29 is 4.39 Å². The molecular formula is C14H24FN3. The van der Waals surface area contributed by atoms with Gasteiger partial charge in [0.15, 0.2) is 0 Å². The van der Waals surface area contributed by atoms with Crippen molar-refractivity contribution in [1.29, 1.82) is 0 Å². The molecule has 0 amide bonds. The van der Waals surface area contributed by atoms with Crippen molar-refractivity contribution in [2.24, 2.45) is 11.7 Å². The predicted octanol–water partition coefficient (Wildman–Crippen LogP) is 2.86. The summed E-state index contributed by atoms with van der Waals surface area (Å²) in [5, 5.41) is 4.52. The third-order valence-electron chi connectivity index (χ3n) is 4.10. The van der Waals surface area contributed by atoms with Gasteiger partial charge in [0.25, 0.3) is 0 Å². The van der Waals surface area contributed by atoms with Crippen LogP contribution in [0.4, 0.5) is 4.39 Å². The lowest BCUT2D eigenvalue weighted by Crippen LogP contribution is -2.37. The van der Waals surface area contributed by atoms with Gasteiger partial charge in [-0.3, -0.25) is 4.68 Å². The maximum atomic E-state index is 14.6. The molecule has 0 spiro atoms. The third kappa shape index (κ3) is 2.74. The van der Waals surface area contributed by atoms with E-state index in [9.17, 15) is 4.39 Å².